The normalized spacial score (nSPS) is 10.9. The van der Waals surface area contributed by atoms with Crippen molar-refractivity contribution in [1.29, 1.82) is 0 Å². The highest BCUT2D eigenvalue weighted by molar-refractivity contribution is 7.71. The summed E-state index contributed by atoms with van der Waals surface area (Å²) in [5, 5.41) is 11.5. The SMILES string of the molecule is COc1ccc(/C=N/n2c(-c3ccccc3OC)n[nH]c2=S)c(OC)c1. The molecule has 0 saturated carbocycles. The Morgan fingerprint density at radius 3 is 2.54 bits per heavy atom. The number of benzene rings is 2. The van der Waals surface area contributed by atoms with Crippen molar-refractivity contribution in [2.24, 2.45) is 5.10 Å². The van der Waals surface area contributed by atoms with Gasteiger partial charge in [-0.2, -0.15) is 14.9 Å². The number of methoxy groups -OCH3 is 3. The van der Waals surface area contributed by atoms with Gasteiger partial charge in [0.25, 0.3) is 0 Å². The summed E-state index contributed by atoms with van der Waals surface area (Å²) in [7, 11) is 4.80. The third kappa shape index (κ3) is 3.45. The molecule has 2 aromatic carbocycles. The van der Waals surface area contributed by atoms with Crippen LogP contribution in [-0.4, -0.2) is 42.4 Å². The number of aromatic nitrogens is 3. The number of H-pyrrole nitrogens is 1. The third-order valence-electron chi connectivity index (χ3n) is 3.75. The van der Waals surface area contributed by atoms with E-state index in [9.17, 15) is 0 Å². The smallest absolute Gasteiger partial charge is 0.216 e. The van der Waals surface area contributed by atoms with Gasteiger partial charge in [-0.25, -0.2) is 5.10 Å². The highest BCUT2D eigenvalue weighted by Gasteiger charge is 2.13. The molecule has 0 unspecified atom stereocenters. The summed E-state index contributed by atoms with van der Waals surface area (Å²) in [5.74, 6) is 2.58. The minimum Gasteiger partial charge on any atom is -0.497 e. The van der Waals surface area contributed by atoms with Crippen LogP contribution in [0.4, 0.5) is 0 Å². The average molecular weight is 370 g/mol. The third-order valence-corrected chi connectivity index (χ3v) is 4.02. The van der Waals surface area contributed by atoms with E-state index < -0.39 is 0 Å². The topological polar surface area (TPSA) is 73.7 Å². The first-order valence-electron chi connectivity index (χ1n) is 7.75. The molecular formula is C18H18N4O3S. The average Bonchev–Trinajstić information content (AvgIpc) is 3.06. The molecule has 8 heteroatoms. The summed E-state index contributed by atoms with van der Waals surface area (Å²) in [6.07, 6.45) is 1.66. The fourth-order valence-electron chi connectivity index (χ4n) is 2.45. The van der Waals surface area contributed by atoms with E-state index in [2.05, 4.69) is 15.3 Å². The van der Waals surface area contributed by atoms with E-state index in [1.54, 1.807) is 33.6 Å². The molecule has 0 atom stereocenters. The highest BCUT2D eigenvalue weighted by atomic mass is 32.1. The second-order valence-electron chi connectivity index (χ2n) is 5.22. The fraction of sp³-hybridized carbons (Fsp3) is 0.167. The number of rotatable bonds is 6. The van der Waals surface area contributed by atoms with Crippen molar-refractivity contribution in [2.75, 3.05) is 21.3 Å². The number of para-hydroxylation sites is 1. The molecule has 0 saturated heterocycles. The van der Waals surface area contributed by atoms with Crippen molar-refractivity contribution < 1.29 is 14.2 Å². The van der Waals surface area contributed by atoms with Crippen LogP contribution in [0.5, 0.6) is 17.2 Å². The molecule has 26 heavy (non-hydrogen) atoms. The molecule has 1 N–H and O–H groups in total. The highest BCUT2D eigenvalue weighted by Crippen LogP contribution is 2.28. The van der Waals surface area contributed by atoms with E-state index in [4.69, 9.17) is 26.4 Å². The molecule has 0 aliphatic heterocycles. The molecule has 0 amide bonds. The molecule has 1 aromatic heterocycles. The van der Waals surface area contributed by atoms with E-state index in [0.29, 0.717) is 27.8 Å². The zero-order valence-corrected chi connectivity index (χ0v) is 15.4. The minimum absolute atomic E-state index is 0.370. The van der Waals surface area contributed by atoms with Gasteiger partial charge in [0, 0.05) is 11.6 Å². The molecule has 0 radical (unpaired) electrons. The lowest BCUT2D eigenvalue weighted by molar-refractivity contribution is 0.394. The first kappa shape index (κ1) is 17.7. The van der Waals surface area contributed by atoms with E-state index in [1.165, 1.54) is 4.68 Å². The quantitative estimate of drug-likeness (QED) is 0.531. The molecule has 0 bridgehead atoms. The van der Waals surface area contributed by atoms with Crippen LogP contribution in [0, 0.1) is 4.77 Å². The summed E-state index contributed by atoms with van der Waals surface area (Å²) in [5.41, 5.74) is 1.56. The Morgan fingerprint density at radius 2 is 1.81 bits per heavy atom. The summed E-state index contributed by atoms with van der Waals surface area (Å²) < 4.78 is 17.9. The van der Waals surface area contributed by atoms with Gasteiger partial charge in [-0.15, -0.1) is 0 Å². The Hall–Kier alpha value is -3.13. The van der Waals surface area contributed by atoms with Crippen LogP contribution in [-0.2, 0) is 0 Å². The molecule has 0 fully saturated rings. The van der Waals surface area contributed by atoms with Crippen LogP contribution in [0.25, 0.3) is 11.4 Å². The van der Waals surface area contributed by atoms with Gasteiger partial charge >= 0.3 is 0 Å². The van der Waals surface area contributed by atoms with Crippen LogP contribution in [0.3, 0.4) is 0 Å². The zero-order chi connectivity index (χ0) is 18.5. The number of aromatic amines is 1. The van der Waals surface area contributed by atoms with Crippen molar-refractivity contribution in [2.45, 2.75) is 0 Å². The van der Waals surface area contributed by atoms with E-state index >= 15 is 0 Å². The van der Waals surface area contributed by atoms with Gasteiger partial charge in [-0.1, -0.05) is 12.1 Å². The van der Waals surface area contributed by atoms with Crippen molar-refractivity contribution in [3.05, 3.63) is 52.8 Å². The van der Waals surface area contributed by atoms with Crippen LogP contribution in [0.15, 0.2) is 47.6 Å². The Labute approximate surface area is 155 Å². The minimum atomic E-state index is 0.370. The fourth-order valence-corrected chi connectivity index (χ4v) is 2.63. The summed E-state index contributed by atoms with van der Waals surface area (Å²) in [6, 6.07) is 13.0. The van der Waals surface area contributed by atoms with Gasteiger partial charge in [-0.3, -0.25) is 0 Å². The zero-order valence-electron chi connectivity index (χ0n) is 14.6. The lowest BCUT2D eigenvalue weighted by Crippen LogP contribution is -1.98. The number of ether oxygens (including phenoxy) is 3. The van der Waals surface area contributed by atoms with E-state index in [0.717, 1.165) is 11.1 Å². The van der Waals surface area contributed by atoms with Crippen molar-refractivity contribution in [1.82, 2.24) is 14.9 Å². The second-order valence-corrected chi connectivity index (χ2v) is 5.60. The first-order valence-corrected chi connectivity index (χ1v) is 8.16. The molecule has 0 aliphatic carbocycles. The molecule has 0 spiro atoms. The number of nitrogens with zero attached hydrogens (tertiary/aromatic N) is 3. The van der Waals surface area contributed by atoms with Crippen LogP contribution in [0.2, 0.25) is 0 Å². The van der Waals surface area contributed by atoms with Gasteiger partial charge in [0.05, 0.1) is 33.1 Å². The molecule has 134 valence electrons. The Kier molecular flexibility index (Phi) is 5.33. The molecule has 3 aromatic rings. The number of nitrogens with one attached hydrogen (secondary N) is 1. The summed E-state index contributed by atoms with van der Waals surface area (Å²) >= 11 is 5.31. The Morgan fingerprint density at radius 1 is 1.04 bits per heavy atom. The van der Waals surface area contributed by atoms with Gasteiger partial charge in [0.15, 0.2) is 5.82 Å². The maximum atomic E-state index is 5.40. The largest absolute Gasteiger partial charge is 0.497 e. The van der Waals surface area contributed by atoms with Crippen LogP contribution in [0.1, 0.15) is 5.56 Å². The molecule has 0 aliphatic rings. The maximum Gasteiger partial charge on any atom is 0.216 e. The lowest BCUT2D eigenvalue weighted by Gasteiger charge is -2.08. The van der Waals surface area contributed by atoms with Crippen molar-refractivity contribution in [3.63, 3.8) is 0 Å². The van der Waals surface area contributed by atoms with Gasteiger partial charge in [0.2, 0.25) is 4.77 Å². The van der Waals surface area contributed by atoms with Crippen molar-refractivity contribution >= 4 is 18.4 Å². The van der Waals surface area contributed by atoms with E-state index in [-0.39, 0.29) is 0 Å². The number of hydrogen-bond donors (Lipinski definition) is 1. The monoisotopic (exact) mass is 370 g/mol. The predicted molar refractivity (Wildman–Crippen MR) is 102 cm³/mol. The Balaban J connectivity index is 2.03. The summed E-state index contributed by atoms with van der Waals surface area (Å²) in [6.45, 7) is 0. The molecule has 7 nitrogen and oxygen atoms in total. The number of hydrogen-bond acceptors (Lipinski definition) is 6. The van der Waals surface area contributed by atoms with Gasteiger partial charge in [-0.05, 0) is 36.5 Å². The van der Waals surface area contributed by atoms with Crippen molar-refractivity contribution in [3.8, 4) is 28.6 Å². The van der Waals surface area contributed by atoms with Crippen LogP contribution < -0.4 is 14.2 Å². The lowest BCUT2D eigenvalue weighted by atomic mass is 10.2. The van der Waals surface area contributed by atoms with Gasteiger partial charge in [0.1, 0.15) is 17.2 Å². The first-order chi connectivity index (χ1) is 12.7. The second kappa shape index (κ2) is 7.83. The molecular weight excluding hydrogens is 352 g/mol. The van der Waals surface area contributed by atoms with Gasteiger partial charge < -0.3 is 14.2 Å². The maximum absolute atomic E-state index is 5.40. The predicted octanol–water partition coefficient (Wildman–Crippen LogP) is 3.52. The summed E-state index contributed by atoms with van der Waals surface area (Å²) in [4.78, 5) is 0. The molecule has 3 rings (SSSR count). The molecule has 1 heterocycles. The Bertz CT molecular complexity index is 994. The van der Waals surface area contributed by atoms with Crippen LogP contribution >= 0.6 is 12.2 Å². The standard InChI is InChI=1S/C18H18N4O3S/c1-23-13-9-8-12(16(10-13)25-3)11-19-22-17(20-21-18(22)26)14-6-4-5-7-15(14)24-2/h4-11H,1-3H3,(H,21,26)/b19-11+. The van der Waals surface area contributed by atoms with E-state index in [1.807, 2.05) is 36.4 Å².